The quantitative estimate of drug-likeness (QED) is 0.836. The number of hydrogen-bond donors (Lipinski definition) is 0. The Morgan fingerprint density at radius 1 is 1.05 bits per heavy atom. The van der Waals surface area contributed by atoms with E-state index in [2.05, 4.69) is 64.5 Å². The number of thioether (sulfide) groups is 2. The molecular weight excluding hydrogens is 312 g/mol. The predicted octanol–water partition coefficient (Wildman–Crippen LogP) is 3.06. The number of para-hydroxylation sites is 2. The molecule has 2 aliphatic rings. The van der Waals surface area contributed by atoms with Crippen molar-refractivity contribution in [3.8, 4) is 5.75 Å². The Hall–Kier alpha value is -0.520. The van der Waals surface area contributed by atoms with Gasteiger partial charge in [-0.2, -0.15) is 23.5 Å². The van der Waals surface area contributed by atoms with Crippen molar-refractivity contribution in [1.82, 2.24) is 4.90 Å². The Balaban J connectivity index is 1.59. The molecule has 0 bridgehead atoms. The largest absolute Gasteiger partial charge is 0.492 e. The van der Waals surface area contributed by atoms with Gasteiger partial charge in [0.05, 0.1) is 12.3 Å². The lowest BCUT2D eigenvalue weighted by Crippen LogP contribution is -2.51. The minimum absolute atomic E-state index is 0.730. The molecule has 0 aliphatic carbocycles. The molecule has 3 nitrogen and oxygen atoms in total. The molecular formula is C17H26N2OS2. The van der Waals surface area contributed by atoms with Crippen molar-refractivity contribution in [3.63, 3.8) is 0 Å². The molecule has 0 radical (unpaired) electrons. The Labute approximate surface area is 142 Å². The van der Waals surface area contributed by atoms with E-state index in [1.165, 1.54) is 41.8 Å². The highest BCUT2D eigenvalue weighted by atomic mass is 32.2. The normalized spacial score (nSPS) is 21.6. The highest BCUT2D eigenvalue weighted by Crippen LogP contribution is 2.29. The van der Waals surface area contributed by atoms with Crippen molar-refractivity contribution in [2.45, 2.75) is 13.0 Å². The van der Waals surface area contributed by atoms with Gasteiger partial charge in [-0.05, 0) is 19.1 Å². The molecule has 2 fully saturated rings. The van der Waals surface area contributed by atoms with Crippen LogP contribution in [-0.4, -0.2) is 66.7 Å². The van der Waals surface area contributed by atoms with E-state index >= 15 is 0 Å². The first-order chi connectivity index (χ1) is 10.9. The van der Waals surface area contributed by atoms with Crippen molar-refractivity contribution in [1.29, 1.82) is 0 Å². The number of anilines is 1. The lowest BCUT2D eigenvalue weighted by atomic mass is 10.2. The summed E-state index contributed by atoms with van der Waals surface area (Å²) in [5.41, 5.74) is 1.26. The maximum atomic E-state index is 5.79. The summed E-state index contributed by atoms with van der Waals surface area (Å²) in [6.45, 7) is 7.34. The molecule has 0 unspecified atom stereocenters. The molecule has 5 heteroatoms. The van der Waals surface area contributed by atoms with Crippen LogP contribution < -0.4 is 9.64 Å². The molecule has 0 amide bonds. The summed E-state index contributed by atoms with van der Waals surface area (Å²) in [5.74, 6) is 6.29. The second-order valence-corrected chi connectivity index (χ2v) is 8.03. The van der Waals surface area contributed by atoms with E-state index in [9.17, 15) is 0 Å². The van der Waals surface area contributed by atoms with E-state index in [1.54, 1.807) is 0 Å². The average molecular weight is 339 g/mol. The van der Waals surface area contributed by atoms with Gasteiger partial charge in [0, 0.05) is 55.2 Å². The van der Waals surface area contributed by atoms with Gasteiger partial charge in [-0.1, -0.05) is 12.1 Å². The Kier molecular flexibility index (Phi) is 6.21. The fourth-order valence-corrected chi connectivity index (χ4v) is 5.77. The zero-order valence-corrected chi connectivity index (χ0v) is 15.0. The third-order valence-corrected chi connectivity index (χ3v) is 6.81. The van der Waals surface area contributed by atoms with Crippen LogP contribution >= 0.6 is 23.5 Å². The van der Waals surface area contributed by atoms with E-state index in [0.29, 0.717) is 0 Å². The zero-order chi connectivity index (χ0) is 15.2. The maximum Gasteiger partial charge on any atom is 0.142 e. The molecule has 1 aromatic rings. The average Bonchev–Trinajstić information content (AvgIpc) is 2.85. The molecule has 0 atom stereocenters. The van der Waals surface area contributed by atoms with Gasteiger partial charge < -0.3 is 9.64 Å². The number of rotatable bonds is 4. The molecule has 2 aliphatic heterocycles. The molecule has 0 saturated carbocycles. The molecule has 0 spiro atoms. The van der Waals surface area contributed by atoms with Gasteiger partial charge in [0.1, 0.15) is 5.75 Å². The zero-order valence-electron chi connectivity index (χ0n) is 13.4. The minimum Gasteiger partial charge on any atom is -0.492 e. The standard InChI is InChI=1S/C17H26N2OS2/c1-2-20-17-6-4-3-5-16(17)19-9-7-18(8-10-19)15-13-21-11-12-22-14-15/h3-6,15H,2,7-14H2,1H3. The van der Waals surface area contributed by atoms with Gasteiger partial charge in [0.25, 0.3) is 0 Å². The van der Waals surface area contributed by atoms with Gasteiger partial charge in [0.2, 0.25) is 0 Å². The number of piperazine rings is 1. The summed E-state index contributed by atoms with van der Waals surface area (Å²) < 4.78 is 5.79. The smallest absolute Gasteiger partial charge is 0.142 e. The minimum atomic E-state index is 0.730. The third-order valence-electron chi connectivity index (χ3n) is 4.33. The summed E-state index contributed by atoms with van der Waals surface area (Å²) in [6.07, 6.45) is 0. The van der Waals surface area contributed by atoms with Gasteiger partial charge in [-0.3, -0.25) is 4.90 Å². The van der Waals surface area contributed by atoms with Crippen LogP contribution in [0.25, 0.3) is 0 Å². The Bertz CT molecular complexity index is 456. The van der Waals surface area contributed by atoms with E-state index in [-0.39, 0.29) is 0 Å². The second kappa shape index (κ2) is 8.37. The maximum absolute atomic E-state index is 5.79. The molecule has 3 rings (SSSR count). The highest BCUT2D eigenvalue weighted by Gasteiger charge is 2.25. The lowest BCUT2D eigenvalue weighted by Gasteiger charge is -2.40. The third kappa shape index (κ3) is 4.06. The number of ether oxygens (including phenoxy) is 1. The molecule has 0 N–H and O–H groups in total. The van der Waals surface area contributed by atoms with Gasteiger partial charge in [0.15, 0.2) is 0 Å². The number of nitrogens with zero attached hydrogens (tertiary/aromatic N) is 2. The molecule has 2 heterocycles. The van der Waals surface area contributed by atoms with Crippen LogP contribution in [0.4, 0.5) is 5.69 Å². The van der Waals surface area contributed by atoms with Gasteiger partial charge in [-0.25, -0.2) is 0 Å². The van der Waals surface area contributed by atoms with Crippen molar-refractivity contribution < 1.29 is 4.74 Å². The molecule has 0 aromatic heterocycles. The summed E-state index contributed by atoms with van der Waals surface area (Å²) >= 11 is 4.26. The fourth-order valence-electron chi connectivity index (χ4n) is 3.14. The molecule has 1 aromatic carbocycles. The number of benzene rings is 1. The van der Waals surface area contributed by atoms with Crippen LogP contribution in [0.5, 0.6) is 5.75 Å². The van der Waals surface area contributed by atoms with Crippen molar-refractivity contribution in [3.05, 3.63) is 24.3 Å². The summed E-state index contributed by atoms with van der Waals surface area (Å²) in [6, 6.07) is 9.22. The first-order valence-electron chi connectivity index (χ1n) is 8.25. The first kappa shape index (κ1) is 16.3. The van der Waals surface area contributed by atoms with E-state index in [4.69, 9.17) is 4.74 Å². The lowest BCUT2D eigenvalue weighted by molar-refractivity contribution is 0.215. The van der Waals surface area contributed by atoms with E-state index < -0.39 is 0 Å². The van der Waals surface area contributed by atoms with Crippen LogP contribution in [0, 0.1) is 0 Å². The summed E-state index contributed by atoms with van der Waals surface area (Å²) in [5, 5.41) is 0. The van der Waals surface area contributed by atoms with Crippen LogP contribution in [-0.2, 0) is 0 Å². The van der Waals surface area contributed by atoms with Crippen molar-refractivity contribution >= 4 is 29.2 Å². The monoisotopic (exact) mass is 338 g/mol. The Morgan fingerprint density at radius 2 is 1.73 bits per heavy atom. The Morgan fingerprint density at radius 3 is 2.41 bits per heavy atom. The molecule has 2 saturated heterocycles. The van der Waals surface area contributed by atoms with E-state index in [1.807, 2.05) is 0 Å². The molecule has 122 valence electrons. The second-order valence-electron chi connectivity index (χ2n) is 5.73. The fraction of sp³-hybridized carbons (Fsp3) is 0.647. The first-order valence-corrected chi connectivity index (χ1v) is 10.6. The van der Waals surface area contributed by atoms with Crippen LogP contribution in [0.2, 0.25) is 0 Å². The highest BCUT2D eigenvalue weighted by molar-refractivity contribution is 8.03. The van der Waals surface area contributed by atoms with Crippen LogP contribution in [0.3, 0.4) is 0 Å². The summed E-state index contributed by atoms with van der Waals surface area (Å²) in [4.78, 5) is 5.18. The van der Waals surface area contributed by atoms with Gasteiger partial charge in [-0.15, -0.1) is 0 Å². The molecule has 22 heavy (non-hydrogen) atoms. The SMILES string of the molecule is CCOc1ccccc1N1CCN(C2CSCCSC2)CC1. The summed E-state index contributed by atoms with van der Waals surface area (Å²) in [7, 11) is 0. The predicted molar refractivity (Wildman–Crippen MR) is 99.8 cm³/mol. The van der Waals surface area contributed by atoms with E-state index in [0.717, 1.165) is 31.5 Å². The topological polar surface area (TPSA) is 15.7 Å². The van der Waals surface area contributed by atoms with Crippen LogP contribution in [0.1, 0.15) is 6.92 Å². The van der Waals surface area contributed by atoms with Crippen LogP contribution in [0.15, 0.2) is 24.3 Å². The number of hydrogen-bond acceptors (Lipinski definition) is 5. The van der Waals surface area contributed by atoms with Crippen molar-refractivity contribution in [2.75, 3.05) is 60.7 Å². The van der Waals surface area contributed by atoms with Crippen molar-refractivity contribution in [2.24, 2.45) is 0 Å². The van der Waals surface area contributed by atoms with Gasteiger partial charge >= 0.3 is 0 Å².